The second-order valence-electron chi connectivity index (χ2n) is 4.43. The molecule has 1 aliphatic heterocycles. The third-order valence-electron chi connectivity index (χ3n) is 3.18. The fourth-order valence-electron chi connectivity index (χ4n) is 2.11. The highest BCUT2D eigenvalue weighted by molar-refractivity contribution is 5.26. The number of rotatable bonds is 4. The van der Waals surface area contributed by atoms with Crippen molar-refractivity contribution in [2.75, 3.05) is 13.2 Å². The van der Waals surface area contributed by atoms with Crippen molar-refractivity contribution in [3.05, 3.63) is 29.8 Å². The monoisotopic (exact) mass is 221 g/mol. The summed E-state index contributed by atoms with van der Waals surface area (Å²) in [6, 6.07) is 7.37. The average Bonchev–Trinajstić information content (AvgIpc) is 2.65. The average molecular weight is 221 g/mol. The first kappa shape index (κ1) is 11.4. The van der Waals surface area contributed by atoms with Crippen LogP contribution >= 0.6 is 0 Å². The van der Waals surface area contributed by atoms with Crippen LogP contribution in [0.1, 0.15) is 18.9 Å². The van der Waals surface area contributed by atoms with Gasteiger partial charge in [0.05, 0.1) is 6.10 Å². The molecule has 2 N–H and O–H groups in total. The van der Waals surface area contributed by atoms with Crippen molar-refractivity contribution in [3.8, 4) is 5.75 Å². The van der Waals surface area contributed by atoms with Gasteiger partial charge in [0.25, 0.3) is 0 Å². The molecule has 1 saturated heterocycles. The number of ether oxygens (including phenoxy) is 1. The lowest BCUT2D eigenvalue weighted by Gasteiger charge is -2.14. The fourth-order valence-corrected chi connectivity index (χ4v) is 2.11. The van der Waals surface area contributed by atoms with Crippen molar-refractivity contribution in [3.63, 3.8) is 0 Å². The highest BCUT2D eigenvalue weighted by atomic mass is 16.5. The molecule has 3 nitrogen and oxygen atoms in total. The summed E-state index contributed by atoms with van der Waals surface area (Å²) in [6.07, 6.45) is 1.52. The maximum absolute atomic E-state index is 9.32. The van der Waals surface area contributed by atoms with Gasteiger partial charge in [0.15, 0.2) is 0 Å². The molecule has 0 aliphatic carbocycles. The van der Waals surface area contributed by atoms with Crippen LogP contribution in [0.5, 0.6) is 5.75 Å². The molecule has 0 saturated carbocycles. The van der Waals surface area contributed by atoms with Gasteiger partial charge in [0.1, 0.15) is 5.75 Å². The van der Waals surface area contributed by atoms with E-state index in [0.29, 0.717) is 17.8 Å². The number of nitrogens with one attached hydrogen (secondary N) is 1. The van der Waals surface area contributed by atoms with Gasteiger partial charge >= 0.3 is 0 Å². The van der Waals surface area contributed by atoms with Gasteiger partial charge in [0, 0.05) is 19.7 Å². The van der Waals surface area contributed by atoms with Crippen LogP contribution in [-0.4, -0.2) is 24.4 Å². The Kier molecular flexibility index (Phi) is 3.80. The summed E-state index contributed by atoms with van der Waals surface area (Å²) in [6.45, 7) is 4.81. The molecule has 1 heterocycles. The Morgan fingerprint density at radius 2 is 2.38 bits per heavy atom. The lowest BCUT2D eigenvalue weighted by atomic mass is 10.0. The van der Waals surface area contributed by atoms with Crippen molar-refractivity contribution in [2.45, 2.75) is 26.0 Å². The van der Waals surface area contributed by atoms with Gasteiger partial charge < -0.3 is 15.2 Å². The van der Waals surface area contributed by atoms with Gasteiger partial charge in [-0.25, -0.2) is 0 Å². The maximum Gasteiger partial charge on any atom is 0.115 e. The zero-order chi connectivity index (χ0) is 11.4. The van der Waals surface area contributed by atoms with Crippen LogP contribution in [0, 0.1) is 5.92 Å². The molecule has 2 rings (SSSR count). The van der Waals surface area contributed by atoms with E-state index in [0.717, 1.165) is 31.7 Å². The van der Waals surface area contributed by atoms with Crippen LogP contribution in [0.2, 0.25) is 0 Å². The Bertz CT molecular complexity index is 340. The summed E-state index contributed by atoms with van der Waals surface area (Å²) < 4.78 is 5.51. The molecule has 0 bridgehead atoms. The molecule has 3 heteroatoms. The molecule has 0 radical (unpaired) electrons. The molecule has 0 amide bonds. The quantitative estimate of drug-likeness (QED) is 0.816. The van der Waals surface area contributed by atoms with Gasteiger partial charge in [-0.15, -0.1) is 0 Å². The van der Waals surface area contributed by atoms with E-state index in [-0.39, 0.29) is 0 Å². The van der Waals surface area contributed by atoms with E-state index in [1.807, 2.05) is 12.1 Å². The predicted octanol–water partition coefficient (Wildman–Crippen LogP) is 1.91. The number of hydrogen-bond acceptors (Lipinski definition) is 3. The number of aromatic hydroxyl groups is 1. The number of hydrogen-bond donors (Lipinski definition) is 2. The third kappa shape index (κ3) is 2.97. The van der Waals surface area contributed by atoms with Gasteiger partial charge in [0.2, 0.25) is 0 Å². The molecule has 1 aromatic rings. The summed E-state index contributed by atoms with van der Waals surface area (Å²) >= 11 is 0. The molecule has 2 atom stereocenters. The lowest BCUT2D eigenvalue weighted by Crippen LogP contribution is -2.26. The second kappa shape index (κ2) is 5.32. The Labute approximate surface area is 96.4 Å². The molecule has 2 unspecified atom stereocenters. The van der Waals surface area contributed by atoms with E-state index >= 15 is 0 Å². The zero-order valence-electron chi connectivity index (χ0n) is 9.65. The Morgan fingerprint density at radius 1 is 1.50 bits per heavy atom. The number of phenolic OH excluding ortho intramolecular Hbond substituents is 1. The van der Waals surface area contributed by atoms with E-state index < -0.39 is 0 Å². The Hall–Kier alpha value is -1.06. The molecule has 1 aromatic carbocycles. The highest BCUT2D eigenvalue weighted by Gasteiger charge is 2.23. The zero-order valence-corrected chi connectivity index (χ0v) is 9.65. The lowest BCUT2D eigenvalue weighted by molar-refractivity contribution is 0.105. The van der Waals surface area contributed by atoms with Gasteiger partial charge in [-0.2, -0.15) is 0 Å². The predicted molar refractivity (Wildman–Crippen MR) is 63.3 cm³/mol. The topological polar surface area (TPSA) is 41.5 Å². The fraction of sp³-hybridized carbons (Fsp3) is 0.538. The first-order chi connectivity index (χ1) is 7.75. The summed E-state index contributed by atoms with van der Waals surface area (Å²) in [5.41, 5.74) is 1.12. The number of benzene rings is 1. The summed E-state index contributed by atoms with van der Waals surface area (Å²) in [5, 5.41) is 12.7. The molecular formula is C13H19NO2. The largest absolute Gasteiger partial charge is 0.508 e. The van der Waals surface area contributed by atoms with Gasteiger partial charge in [-0.05, 0) is 37.0 Å². The molecule has 0 spiro atoms. The van der Waals surface area contributed by atoms with E-state index in [9.17, 15) is 5.11 Å². The van der Waals surface area contributed by atoms with Crippen molar-refractivity contribution >= 4 is 0 Å². The molecule has 1 fully saturated rings. The smallest absolute Gasteiger partial charge is 0.115 e. The van der Waals surface area contributed by atoms with E-state index in [1.54, 1.807) is 12.1 Å². The van der Waals surface area contributed by atoms with Crippen molar-refractivity contribution < 1.29 is 9.84 Å². The van der Waals surface area contributed by atoms with Crippen molar-refractivity contribution in [2.24, 2.45) is 5.92 Å². The molecular weight excluding hydrogens is 202 g/mol. The van der Waals surface area contributed by atoms with Crippen molar-refractivity contribution in [1.29, 1.82) is 0 Å². The Balaban J connectivity index is 1.75. The standard InChI is InChI=1S/C13H19NO2/c1-10-12(5-6-16-10)9-14-8-11-3-2-4-13(15)7-11/h2-4,7,10,12,14-15H,5-6,8-9H2,1H3. The maximum atomic E-state index is 9.32. The summed E-state index contributed by atoms with van der Waals surface area (Å²) in [5.74, 6) is 0.953. The van der Waals surface area contributed by atoms with Crippen LogP contribution < -0.4 is 5.32 Å². The minimum atomic E-state index is 0.330. The van der Waals surface area contributed by atoms with E-state index in [1.165, 1.54) is 0 Å². The third-order valence-corrected chi connectivity index (χ3v) is 3.18. The van der Waals surface area contributed by atoms with Crippen molar-refractivity contribution in [1.82, 2.24) is 5.32 Å². The second-order valence-corrected chi connectivity index (χ2v) is 4.43. The Morgan fingerprint density at radius 3 is 3.06 bits per heavy atom. The first-order valence-corrected chi connectivity index (χ1v) is 5.86. The van der Waals surface area contributed by atoms with Gasteiger partial charge in [-0.3, -0.25) is 0 Å². The summed E-state index contributed by atoms with van der Waals surface area (Å²) in [4.78, 5) is 0. The van der Waals surface area contributed by atoms with Crippen LogP contribution in [0.4, 0.5) is 0 Å². The molecule has 1 aliphatic rings. The highest BCUT2D eigenvalue weighted by Crippen LogP contribution is 2.19. The van der Waals surface area contributed by atoms with Crippen LogP contribution in [0.25, 0.3) is 0 Å². The van der Waals surface area contributed by atoms with E-state index in [4.69, 9.17) is 4.74 Å². The summed E-state index contributed by atoms with van der Waals surface area (Å²) in [7, 11) is 0. The first-order valence-electron chi connectivity index (χ1n) is 5.86. The van der Waals surface area contributed by atoms with Crippen LogP contribution in [0.3, 0.4) is 0 Å². The minimum absolute atomic E-state index is 0.330. The number of phenols is 1. The van der Waals surface area contributed by atoms with E-state index in [2.05, 4.69) is 12.2 Å². The SMILES string of the molecule is CC1OCCC1CNCc1cccc(O)c1. The molecule has 16 heavy (non-hydrogen) atoms. The van der Waals surface area contributed by atoms with Crippen LogP contribution in [0.15, 0.2) is 24.3 Å². The minimum Gasteiger partial charge on any atom is -0.508 e. The molecule has 88 valence electrons. The van der Waals surface area contributed by atoms with Crippen LogP contribution in [-0.2, 0) is 11.3 Å². The normalized spacial score (nSPS) is 24.8. The molecule has 0 aromatic heterocycles. The van der Waals surface area contributed by atoms with Gasteiger partial charge in [-0.1, -0.05) is 12.1 Å².